The van der Waals surface area contributed by atoms with E-state index in [9.17, 15) is 0 Å². The summed E-state index contributed by atoms with van der Waals surface area (Å²) in [6.07, 6.45) is 3.84. The SMILES string of the molecule is Cc1nc(Cl)nc(NCCCN2CCCC2)c1I. The van der Waals surface area contributed by atoms with Gasteiger partial charge in [-0.15, -0.1) is 0 Å². The molecule has 2 rings (SSSR count). The number of hydrogen-bond acceptors (Lipinski definition) is 4. The van der Waals surface area contributed by atoms with Crippen LogP contribution in [0.25, 0.3) is 0 Å². The molecule has 0 saturated carbocycles. The van der Waals surface area contributed by atoms with Crippen molar-refractivity contribution in [1.29, 1.82) is 0 Å². The molecule has 0 amide bonds. The Bertz CT molecular complexity index is 407. The molecule has 0 atom stereocenters. The van der Waals surface area contributed by atoms with Gasteiger partial charge in [0.2, 0.25) is 5.28 Å². The molecule has 2 heterocycles. The van der Waals surface area contributed by atoms with E-state index in [2.05, 4.69) is 42.8 Å². The van der Waals surface area contributed by atoms with Gasteiger partial charge < -0.3 is 10.2 Å². The Kier molecular flexibility index (Phi) is 5.44. The first-order valence-electron chi connectivity index (χ1n) is 6.32. The van der Waals surface area contributed by atoms with Crippen molar-refractivity contribution in [2.45, 2.75) is 26.2 Å². The van der Waals surface area contributed by atoms with Gasteiger partial charge in [-0.25, -0.2) is 4.98 Å². The minimum absolute atomic E-state index is 0.315. The summed E-state index contributed by atoms with van der Waals surface area (Å²) in [5, 5.41) is 3.66. The van der Waals surface area contributed by atoms with Crippen LogP contribution in [-0.2, 0) is 0 Å². The van der Waals surface area contributed by atoms with Crippen LogP contribution in [0.2, 0.25) is 5.28 Å². The van der Waals surface area contributed by atoms with E-state index in [0.29, 0.717) is 5.28 Å². The van der Waals surface area contributed by atoms with Crippen molar-refractivity contribution in [2.75, 3.05) is 31.5 Å². The van der Waals surface area contributed by atoms with Gasteiger partial charge in [-0.3, -0.25) is 0 Å². The Hall–Kier alpha value is -0.140. The van der Waals surface area contributed by atoms with Gasteiger partial charge in [0.25, 0.3) is 0 Å². The maximum absolute atomic E-state index is 5.86. The molecule has 1 aliphatic heterocycles. The van der Waals surface area contributed by atoms with Gasteiger partial charge in [-0.2, -0.15) is 4.98 Å². The van der Waals surface area contributed by atoms with Gasteiger partial charge >= 0.3 is 0 Å². The molecule has 1 aromatic heterocycles. The summed E-state index contributed by atoms with van der Waals surface area (Å²) in [6.45, 7) is 6.57. The number of aryl methyl sites for hydroxylation is 1. The van der Waals surface area contributed by atoms with Gasteiger partial charge in [0, 0.05) is 6.54 Å². The van der Waals surface area contributed by atoms with E-state index in [1.807, 2.05) is 6.92 Å². The molecule has 1 saturated heterocycles. The van der Waals surface area contributed by atoms with Crippen LogP contribution in [-0.4, -0.2) is 41.0 Å². The molecule has 0 radical (unpaired) electrons. The first kappa shape index (κ1) is 14.3. The quantitative estimate of drug-likeness (QED) is 0.484. The van der Waals surface area contributed by atoms with Gasteiger partial charge in [-0.1, -0.05) is 0 Å². The van der Waals surface area contributed by atoms with Crippen LogP contribution in [0.4, 0.5) is 5.82 Å². The molecule has 100 valence electrons. The highest BCUT2D eigenvalue weighted by Gasteiger charge is 2.11. The summed E-state index contributed by atoms with van der Waals surface area (Å²) >= 11 is 8.12. The second kappa shape index (κ2) is 6.86. The molecule has 0 unspecified atom stereocenters. The van der Waals surface area contributed by atoms with E-state index in [1.54, 1.807) is 0 Å². The number of hydrogen-bond donors (Lipinski definition) is 1. The lowest BCUT2D eigenvalue weighted by Gasteiger charge is -2.15. The number of halogens is 2. The number of nitrogens with one attached hydrogen (secondary N) is 1. The van der Waals surface area contributed by atoms with Crippen molar-refractivity contribution in [3.05, 3.63) is 14.5 Å². The molecule has 6 heteroatoms. The van der Waals surface area contributed by atoms with E-state index < -0.39 is 0 Å². The molecule has 1 N–H and O–H groups in total. The molecule has 0 bridgehead atoms. The molecule has 0 spiro atoms. The van der Waals surface area contributed by atoms with Crippen LogP contribution in [0.15, 0.2) is 0 Å². The van der Waals surface area contributed by atoms with Crippen LogP contribution < -0.4 is 5.32 Å². The summed E-state index contributed by atoms with van der Waals surface area (Å²) in [7, 11) is 0. The second-order valence-electron chi connectivity index (χ2n) is 4.57. The molecule has 1 fully saturated rings. The van der Waals surface area contributed by atoms with Crippen LogP contribution in [0.1, 0.15) is 25.0 Å². The van der Waals surface area contributed by atoms with Crippen molar-refractivity contribution < 1.29 is 0 Å². The Morgan fingerprint density at radius 3 is 2.78 bits per heavy atom. The highest BCUT2D eigenvalue weighted by Crippen LogP contribution is 2.20. The third-order valence-corrected chi connectivity index (χ3v) is 4.59. The standard InChI is InChI=1S/C12H18ClIN4/c1-9-10(14)11(17-12(13)16-9)15-5-4-8-18-6-2-3-7-18/h2-8H2,1H3,(H,15,16,17). The maximum Gasteiger partial charge on any atom is 0.224 e. The third kappa shape index (κ3) is 3.93. The Balaban J connectivity index is 1.79. The number of rotatable bonds is 5. The lowest BCUT2D eigenvalue weighted by molar-refractivity contribution is 0.337. The van der Waals surface area contributed by atoms with Crippen molar-refractivity contribution in [2.24, 2.45) is 0 Å². The highest BCUT2D eigenvalue weighted by atomic mass is 127. The highest BCUT2D eigenvalue weighted by molar-refractivity contribution is 14.1. The molecule has 0 aromatic carbocycles. The summed E-state index contributed by atoms with van der Waals surface area (Å²) in [6, 6.07) is 0. The normalized spacial score (nSPS) is 16.2. The number of likely N-dealkylation sites (tertiary alicyclic amines) is 1. The number of anilines is 1. The monoisotopic (exact) mass is 380 g/mol. The van der Waals surface area contributed by atoms with Crippen molar-refractivity contribution in [3.63, 3.8) is 0 Å². The summed E-state index contributed by atoms with van der Waals surface area (Å²) in [5.41, 5.74) is 0.928. The molecule has 1 aromatic rings. The predicted molar refractivity (Wildman–Crippen MR) is 83.3 cm³/mol. The number of aromatic nitrogens is 2. The molecule has 4 nitrogen and oxygen atoms in total. The maximum atomic E-state index is 5.86. The average Bonchev–Trinajstić information content (AvgIpc) is 2.83. The van der Waals surface area contributed by atoms with E-state index in [-0.39, 0.29) is 0 Å². The first-order valence-corrected chi connectivity index (χ1v) is 7.78. The topological polar surface area (TPSA) is 41.1 Å². The summed E-state index contributed by atoms with van der Waals surface area (Å²) in [5.74, 6) is 0.856. The van der Waals surface area contributed by atoms with Crippen LogP contribution in [0.5, 0.6) is 0 Å². The average molecular weight is 381 g/mol. The largest absolute Gasteiger partial charge is 0.369 e. The van der Waals surface area contributed by atoms with Gasteiger partial charge in [0.1, 0.15) is 5.82 Å². The second-order valence-corrected chi connectivity index (χ2v) is 5.99. The van der Waals surface area contributed by atoms with Gasteiger partial charge in [0.15, 0.2) is 0 Å². The van der Waals surface area contributed by atoms with Crippen molar-refractivity contribution >= 4 is 40.0 Å². The molecule has 1 aliphatic rings. The number of nitrogens with zero attached hydrogens (tertiary/aromatic N) is 3. The van der Waals surface area contributed by atoms with Crippen molar-refractivity contribution in [1.82, 2.24) is 14.9 Å². The van der Waals surface area contributed by atoms with E-state index >= 15 is 0 Å². The zero-order valence-electron chi connectivity index (χ0n) is 10.5. The van der Waals surface area contributed by atoms with Crippen molar-refractivity contribution in [3.8, 4) is 0 Å². The molecular formula is C12H18ClIN4. The predicted octanol–water partition coefficient (Wildman–Crippen LogP) is 2.94. The Labute approximate surface area is 127 Å². The van der Waals surface area contributed by atoms with Crippen LogP contribution in [0, 0.1) is 10.5 Å². The fourth-order valence-electron chi connectivity index (χ4n) is 2.16. The Morgan fingerprint density at radius 2 is 2.06 bits per heavy atom. The lowest BCUT2D eigenvalue weighted by Crippen LogP contribution is -2.22. The zero-order valence-corrected chi connectivity index (χ0v) is 13.5. The van der Waals surface area contributed by atoms with E-state index in [4.69, 9.17) is 11.6 Å². The zero-order chi connectivity index (χ0) is 13.0. The molecular weight excluding hydrogens is 363 g/mol. The third-order valence-electron chi connectivity index (χ3n) is 3.13. The summed E-state index contributed by atoms with van der Waals surface area (Å²) < 4.78 is 1.05. The molecule has 18 heavy (non-hydrogen) atoms. The summed E-state index contributed by atoms with van der Waals surface area (Å²) in [4.78, 5) is 10.9. The lowest BCUT2D eigenvalue weighted by atomic mass is 10.3. The fourth-order valence-corrected chi connectivity index (χ4v) is 2.80. The fraction of sp³-hybridized carbons (Fsp3) is 0.667. The molecule has 0 aliphatic carbocycles. The van der Waals surface area contributed by atoms with E-state index in [0.717, 1.165) is 28.0 Å². The Morgan fingerprint density at radius 1 is 1.33 bits per heavy atom. The first-order chi connectivity index (χ1) is 8.66. The van der Waals surface area contributed by atoms with Crippen LogP contribution in [0.3, 0.4) is 0 Å². The minimum Gasteiger partial charge on any atom is -0.369 e. The van der Waals surface area contributed by atoms with E-state index in [1.165, 1.54) is 32.5 Å². The van der Waals surface area contributed by atoms with Gasteiger partial charge in [0.05, 0.1) is 9.26 Å². The van der Waals surface area contributed by atoms with Gasteiger partial charge in [-0.05, 0) is 80.0 Å². The minimum atomic E-state index is 0.315. The smallest absolute Gasteiger partial charge is 0.224 e. The van der Waals surface area contributed by atoms with Crippen LogP contribution >= 0.6 is 34.2 Å².